The van der Waals surface area contributed by atoms with Gasteiger partial charge in [-0.25, -0.2) is 0 Å². The molecule has 0 bridgehead atoms. The molecule has 0 amide bonds. The summed E-state index contributed by atoms with van der Waals surface area (Å²) in [7, 11) is -0.770. The van der Waals surface area contributed by atoms with Crippen LogP contribution >= 0.6 is 11.3 Å². The Morgan fingerprint density at radius 1 is 1.39 bits per heavy atom. The Hall–Kier alpha value is -0.190. The molecule has 0 spiro atoms. The lowest BCUT2D eigenvalue weighted by Crippen LogP contribution is -2.30. The molecule has 1 N–H and O–H groups in total. The van der Waals surface area contributed by atoms with Crippen molar-refractivity contribution < 1.29 is 4.21 Å². The number of rotatable bonds is 5. The molecular weight excluding hydrogens is 262 g/mol. The van der Waals surface area contributed by atoms with Gasteiger partial charge < -0.3 is 5.32 Å². The highest BCUT2D eigenvalue weighted by Gasteiger charge is 2.19. The lowest BCUT2D eigenvalue weighted by Gasteiger charge is -2.19. The van der Waals surface area contributed by atoms with E-state index in [1.165, 1.54) is 15.3 Å². The summed E-state index contributed by atoms with van der Waals surface area (Å²) in [5.74, 6) is 0.718. The average Bonchev–Trinajstić information content (AvgIpc) is 2.56. The third kappa shape index (κ3) is 4.48. The van der Waals surface area contributed by atoms with Crippen LogP contribution in [0.2, 0.25) is 0 Å². The fourth-order valence-corrected chi connectivity index (χ4v) is 3.80. The second-order valence-corrected chi connectivity index (χ2v) is 9.49. The first-order valence-electron chi connectivity index (χ1n) is 6.40. The van der Waals surface area contributed by atoms with Gasteiger partial charge in [0.15, 0.2) is 0 Å². The minimum absolute atomic E-state index is 0.111. The summed E-state index contributed by atoms with van der Waals surface area (Å²) in [6.07, 6.45) is 0. The molecule has 2 atom stereocenters. The molecule has 18 heavy (non-hydrogen) atoms. The van der Waals surface area contributed by atoms with E-state index in [1.807, 2.05) is 32.1 Å². The summed E-state index contributed by atoms with van der Waals surface area (Å²) in [6, 6.07) is 2.59. The van der Waals surface area contributed by atoms with Gasteiger partial charge in [0.25, 0.3) is 0 Å². The van der Waals surface area contributed by atoms with Gasteiger partial charge in [-0.05, 0) is 53.2 Å². The van der Waals surface area contributed by atoms with Gasteiger partial charge in [0, 0.05) is 43.6 Å². The highest BCUT2D eigenvalue weighted by Crippen LogP contribution is 2.25. The minimum Gasteiger partial charge on any atom is -0.309 e. The maximum Gasteiger partial charge on any atom is 0.0375 e. The molecule has 0 radical (unpaired) electrons. The van der Waals surface area contributed by atoms with Gasteiger partial charge in [-0.3, -0.25) is 4.21 Å². The molecule has 1 heterocycles. The molecule has 0 aliphatic heterocycles. The minimum atomic E-state index is -0.770. The summed E-state index contributed by atoms with van der Waals surface area (Å²) in [5, 5.41) is 3.47. The predicted molar refractivity (Wildman–Crippen MR) is 83.0 cm³/mol. The molecule has 0 aliphatic carbocycles. The summed E-state index contributed by atoms with van der Waals surface area (Å²) in [6.45, 7) is 13.4. The van der Waals surface area contributed by atoms with Crippen molar-refractivity contribution in [2.45, 2.75) is 52.3 Å². The van der Waals surface area contributed by atoms with Crippen LogP contribution in [0.15, 0.2) is 6.07 Å². The van der Waals surface area contributed by atoms with Crippen LogP contribution in [0.4, 0.5) is 0 Å². The molecule has 4 heteroatoms. The van der Waals surface area contributed by atoms with Gasteiger partial charge >= 0.3 is 0 Å². The second-order valence-electron chi connectivity index (χ2n) is 5.71. The number of hydrogen-bond acceptors (Lipinski definition) is 3. The van der Waals surface area contributed by atoms with E-state index in [0.717, 1.165) is 12.3 Å². The van der Waals surface area contributed by atoms with E-state index in [0.29, 0.717) is 6.04 Å². The van der Waals surface area contributed by atoms with E-state index < -0.39 is 10.8 Å². The van der Waals surface area contributed by atoms with Crippen molar-refractivity contribution in [1.29, 1.82) is 0 Å². The maximum absolute atomic E-state index is 11.9. The number of thiophene rings is 1. The number of aryl methyl sites for hydroxylation is 2. The highest BCUT2D eigenvalue weighted by atomic mass is 32.2. The first-order chi connectivity index (χ1) is 8.21. The van der Waals surface area contributed by atoms with E-state index >= 15 is 0 Å². The molecule has 1 aromatic heterocycles. The van der Waals surface area contributed by atoms with Gasteiger partial charge in [-0.2, -0.15) is 0 Å². The van der Waals surface area contributed by atoms with Crippen LogP contribution in [-0.4, -0.2) is 21.3 Å². The maximum atomic E-state index is 11.9. The number of hydrogen-bond donors (Lipinski definition) is 1. The van der Waals surface area contributed by atoms with E-state index in [2.05, 4.69) is 32.2 Å². The molecule has 0 aliphatic rings. The van der Waals surface area contributed by atoms with Crippen LogP contribution in [0.5, 0.6) is 0 Å². The normalized spacial score (nSPS) is 15.7. The lowest BCUT2D eigenvalue weighted by molar-refractivity contribution is 0.590. The van der Waals surface area contributed by atoms with Gasteiger partial charge in [-0.1, -0.05) is 0 Å². The summed E-state index contributed by atoms with van der Waals surface area (Å²) in [4.78, 5) is 2.74. The van der Waals surface area contributed by atoms with Crippen molar-refractivity contribution in [3.8, 4) is 0 Å². The predicted octanol–water partition coefficient (Wildman–Crippen LogP) is 3.56. The molecule has 2 nitrogen and oxygen atoms in total. The quantitative estimate of drug-likeness (QED) is 0.897. The molecule has 0 saturated carbocycles. The SMILES string of the molecule is Cc1cc([C@@H](C)NCC[S@](=O)C(C)(C)C)c(C)s1. The molecule has 0 saturated heterocycles. The van der Waals surface area contributed by atoms with Crippen molar-refractivity contribution in [2.24, 2.45) is 0 Å². The van der Waals surface area contributed by atoms with Crippen LogP contribution in [-0.2, 0) is 10.8 Å². The third-order valence-corrected chi connectivity index (χ3v) is 5.89. The molecule has 104 valence electrons. The van der Waals surface area contributed by atoms with Gasteiger partial charge in [0.2, 0.25) is 0 Å². The summed E-state index contributed by atoms with van der Waals surface area (Å²) < 4.78 is 11.8. The molecule has 0 fully saturated rings. The highest BCUT2D eigenvalue weighted by molar-refractivity contribution is 7.86. The Kier molecular flexibility index (Phi) is 5.56. The summed E-state index contributed by atoms with van der Waals surface area (Å²) in [5.41, 5.74) is 1.37. The molecule has 1 rings (SSSR count). The molecule has 0 unspecified atom stereocenters. The van der Waals surface area contributed by atoms with E-state index in [9.17, 15) is 4.21 Å². The zero-order chi connectivity index (χ0) is 13.9. The zero-order valence-corrected chi connectivity index (χ0v) is 13.9. The molecule has 1 aromatic rings. The zero-order valence-electron chi connectivity index (χ0n) is 12.3. The topological polar surface area (TPSA) is 29.1 Å². The van der Waals surface area contributed by atoms with Crippen LogP contribution in [0, 0.1) is 13.8 Å². The largest absolute Gasteiger partial charge is 0.309 e. The average molecular weight is 287 g/mol. The Bertz CT molecular complexity index is 418. The van der Waals surface area contributed by atoms with E-state index in [4.69, 9.17) is 0 Å². The van der Waals surface area contributed by atoms with Crippen molar-refractivity contribution >= 4 is 22.1 Å². The fourth-order valence-electron chi connectivity index (χ4n) is 1.86. The van der Waals surface area contributed by atoms with Crippen molar-refractivity contribution in [1.82, 2.24) is 5.32 Å². The van der Waals surface area contributed by atoms with Crippen LogP contribution in [0.1, 0.15) is 49.1 Å². The smallest absolute Gasteiger partial charge is 0.0375 e. The fraction of sp³-hybridized carbons (Fsp3) is 0.714. The number of nitrogens with one attached hydrogen (secondary N) is 1. The van der Waals surface area contributed by atoms with Crippen molar-refractivity contribution in [3.63, 3.8) is 0 Å². The van der Waals surface area contributed by atoms with Crippen LogP contribution in [0.3, 0.4) is 0 Å². The van der Waals surface area contributed by atoms with Crippen molar-refractivity contribution in [3.05, 3.63) is 21.4 Å². The first kappa shape index (κ1) is 15.9. The Labute approximate surface area is 118 Å². The van der Waals surface area contributed by atoms with Crippen LogP contribution < -0.4 is 5.32 Å². The van der Waals surface area contributed by atoms with E-state index in [-0.39, 0.29) is 4.75 Å². The second kappa shape index (κ2) is 6.31. The Balaban J connectivity index is 2.45. The van der Waals surface area contributed by atoms with E-state index in [1.54, 1.807) is 0 Å². The monoisotopic (exact) mass is 287 g/mol. The molecule has 0 aromatic carbocycles. The molecular formula is C14H25NOS2. The Morgan fingerprint density at radius 2 is 2.00 bits per heavy atom. The Morgan fingerprint density at radius 3 is 2.44 bits per heavy atom. The first-order valence-corrected chi connectivity index (χ1v) is 8.54. The third-order valence-electron chi connectivity index (χ3n) is 2.97. The van der Waals surface area contributed by atoms with Gasteiger partial charge in [0.05, 0.1) is 0 Å². The van der Waals surface area contributed by atoms with Crippen LogP contribution in [0.25, 0.3) is 0 Å². The lowest BCUT2D eigenvalue weighted by atomic mass is 10.1. The van der Waals surface area contributed by atoms with Gasteiger partial charge in [0.1, 0.15) is 0 Å². The summed E-state index contributed by atoms with van der Waals surface area (Å²) >= 11 is 1.84. The van der Waals surface area contributed by atoms with Gasteiger partial charge in [-0.15, -0.1) is 11.3 Å². The van der Waals surface area contributed by atoms with Crippen molar-refractivity contribution in [2.75, 3.05) is 12.3 Å². The standard InChI is InChI=1S/C14H25NOS2/c1-10-9-13(12(3)17-10)11(2)15-7-8-18(16)14(4,5)6/h9,11,15H,7-8H2,1-6H3/t11-,18+/m1/s1.